The summed E-state index contributed by atoms with van der Waals surface area (Å²) in [7, 11) is 0. The van der Waals surface area contributed by atoms with Gasteiger partial charge in [-0.25, -0.2) is 0 Å². The van der Waals surface area contributed by atoms with Crippen LogP contribution in [0.2, 0.25) is 0 Å². The molecule has 8 aromatic carbocycles. The van der Waals surface area contributed by atoms with Crippen LogP contribution in [-0.2, 0) is 5.41 Å². The molecule has 222 valence electrons. The van der Waals surface area contributed by atoms with E-state index in [1.165, 1.54) is 88.0 Å². The predicted molar refractivity (Wildman–Crippen MR) is 203 cm³/mol. The van der Waals surface area contributed by atoms with Gasteiger partial charge >= 0.3 is 0 Å². The Morgan fingerprint density at radius 3 is 1.91 bits per heavy atom. The highest BCUT2D eigenvalue weighted by molar-refractivity contribution is 6.20. The summed E-state index contributed by atoms with van der Waals surface area (Å²) < 4.78 is 0. The van der Waals surface area contributed by atoms with E-state index in [-0.39, 0.29) is 5.41 Å². The average Bonchev–Trinajstić information content (AvgIpc) is 3.36. The summed E-state index contributed by atoms with van der Waals surface area (Å²) >= 11 is 0. The maximum atomic E-state index is 2.44. The molecule has 0 aliphatic heterocycles. The summed E-state index contributed by atoms with van der Waals surface area (Å²) in [6.07, 6.45) is 4.56. The van der Waals surface area contributed by atoms with Gasteiger partial charge in [0.15, 0.2) is 0 Å². The van der Waals surface area contributed by atoms with E-state index in [2.05, 4.69) is 184 Å². The Labute approximate surface area is 276 Å². The largest absolute Gasteiger partial charge is 0.0622 e. The van der Waals surface area contributed by atoms with E-state index in [4.69, 9.17) is 0 Å². The quantitative estimate of drug-likeness (QED) is 0.140. The zero-order valence-corrected chi connectivity index (χ0v) is 26.7. The standard InChI is InChI=1S/C47H34/c1-47(2)43-21-11-10-19-40(43)46-41(20-12-22-44(46)47)45-39-18-9-8-17-36(39)37(27-23-31-13-4-3-5-14-31)38-28-26-35(30-42(38)45)34-25-24-32-15-6-7-16-33(32)29-34/h3-30H,1-2H3/b27-23+. The van der Waals surface area contributed by atoms with Crippen LogP contribution >= 0.6 is 0 Å². The third-order valence-electron chi connectivity index (χ3n) is 10.3. The van der Waals surface area contributed by atoms with Gasteiger partial charge in [-0.3, -0.25) is 0 Å². The van der Waals surface area contributed by atoms with Gasteiger partial charge in [-0.15, -0.1) is 0 Å². The van der Waals surface area contributed by atoms with Crippen LogP contribution < -0.4 is 0 Å². The normalized spacial score (nSPS) is 13.4. The van der Waals surface area contributed by atoms with Gasteiger partial charge in [-0.2, -0.15) is 0 Å². The third-order valence-corrected chi connectivity index (χ3v) is 10.3. The molecule has 0 unspecified atom stereocenters. The lowest BCUT2D eigenvalue weighted by Gasteiger charge is -2.22. The summed E-state index contributed by atoms with van der Waals surface area (Å²) in [5.74, 6) is 0. The second kappa shape index (κ2) is 10.7. The molecule has 0 fully saturated rings. The van der Waals surface area contributed by atoms with Crippen LogP contribution in [0.25, 0.3) is 77.9 Å². The van der Waals surface area contributed by atoms with Gasteiger partial charge in [0.25, 0.3) is 0 Å². The molecule has 47 heavy (non-hydrogen) atoms. The Balaban J connectivity index is 1.39. The van der Waals surface area contributed by atoms with E-state index < -0.39 is 0 Å². The predicted octanol–water partition coefficient (Wildman–Crippen LogP) is 13.0. The lowest BCUT2D eigenvalue weighted by molar-refractivity contribution is 0.660. The van der Waals surface area contributed by atoms with Gasteiger partial charge in [0.2, 0.25) is 0 Å². The highest BCUT2D eigenvalue weighted by Gasteiger charge is 2.37. The number of hydrogen-bond donors (Lipinski definition) is 0. The number of benzene rings is 8. The number of hydrogen-bond acceptors (Lipinski definition) is 0. The molecule has 0 bridgehead atoms. The molecular formula is C47H34. The van der Waals surface area contributed by atoms with Crippen LogP contribution in [0.4, 0.5) is 0 Å². The lowest BCUT2D eigenvalue weighted by Crippen LogP contribution is -2.14. The first-order valence-corrected chi connectivity index (χ1v) is 16.5. The Bertz CT molecular complexity index is 2530. The molecule has 0 spiro atoms. The van der Waals surface area contributed by atoms with Crippen molar-refractivity contribution in [2.75, 3.05) is 0 Å². The topological polar surface area (TPSA) is 0 Å². The van der Waals surface area contributed by atoms with Crippen molar-refractivity contribution in [3.63, 3.8) is 0 Å². The minimum absolute atomic E-state index is 0.0673. The minimum Gasteiger partial charge on any atom is -0.0622 e. The summed E-state index contributed by atoms with van der Waals surface area (Å²) in [6, 6.07) is 58.1. The molecule has 0 heteroatoms. The maximum Gasteiger partial charge on any atom is 0.0159 e. The van der Waals surface area contributed by atoms with Crippen LogP contribution in [-0.4, -0.2) is 0 Å². The van der Waals surface area contributed by atoms with Crippen LogP contribution in [0.5, 0.6) is 0 Å². The molecular weight excluding hydrogens is 565 g/mol. The first-order valence-electron chi connectivity index (χ1n) is 16.5. The van der Waals surface area contributed by atoms with Gasteiger partial charge < -0.3 is 0 Å². The molecule has 0 atom stereocenters. The van der Waals surface area contributed by atoms with Gasteiger partial charge in [0, 0.05) is 5.41 Å². The fourth-order valence-electron chi connectivity index (χ4n) is 7.94. The van der Waals surface area contributed by atoms with E-state index in [1.807, 2.05) is 0 Å². The van der Waals surface area contributed by atoms with E-state index in [0.717, 1.165) is 0 Å². The Morgan fingerprint density at radius 2 is 1.04 bits per heavy atom. The van der Waals surface area contributed by atoms with Crippen LogP contribution in [0.1, 0.15) is 36.1 Å². The average molecular weight is 599 g/mol. The van der Waals surface area contributed by atoms with Crippen molar-refractivity contribution in [1.82, 2.24) is 0 Å². The van der Waals surface area contributed by atoms with E-state index in [1.54, 1.807) is 0 Å². The van der Waals surface area contributed by atoms with Crippen molar-refractivity contribution in [1.29, 1.82) is 0 Å². The van der Waals surface area contributed by atoms with Gasteiger partial charge in [0.1, 0.15) is 0 Å². The molecule has 0 amide bonds. The van der Waals surface area contributed by atoms with Crippen LogP contribution in [0.15, 0.2) is 158 Å². The monoisotopic (exact) mass is 598 g/mol. The van der Waals surface area contributed by atoms with E-state index in [0.29, 0.717) is 0 Å². The molecule has 1 aliphatic rings. The second-order valence-corrected chi connectivity index (χ2v) is 13.3. The molecule has 0 saturated heterocycles. The molecule has 0 saturated carbocycles. The van der Waals surface area contributed by atoms with Gasteiger partial charge in [-0.05, 0) is 100 Å². The zero-order valence-electron chi connectivity index (χ0n) is 26.7. The minimum atomic E-state index is -0.0673. The van der Waals surface area contributed by atoms with Crippen molar-refractivity contribution in [3.05, 3.63) is 180 Å². The molecule has 0 aromatic heterocycles. The van der Waals surface area contributed by atoms with Crippen molar-refractivity contribution in [2.24, 2.45) is 0 Å². The Morgan fingerprint density at radius 1 is 0.404 bits per heavy atom. The maximum absolute atomic E-state index is 2.44. The lowest BCUT2D eigenvalue weighted by atomic mass is 9.81. The smallest absolute Gasteiger partial charge is 0.0159 e. The first kappa shape index (κ1) is 27.6. The van der Waals surface area contributed by atoms with Crippen molar-refractivity contribution >= 4 is 44.5 Å². The molecule has 0 nitrogen and oxygen atoms in total. The number of fused-ring (bicyclic) bond motifs is 6. The van der Waals surface area contributed by atoms with Crippen molar-refractivity contribution in [2.45, 2.75) is 19.3 Å². The Hall–Kier alpha value is -5.72. The second-order valence-electron chi connectivity index (χ2n) is 13.3. The SMILES string of the molecule is CC1(C)c2ccccc2-c2c(-c3c4ccccc4c(/C=C/c4ccccc4)c4ccc(-c5ccc6ccccc6c5)cc34)cccc21. The van der Waals surface area contributed by atoms with Crippen molar-refractivity contribution < 1.29 is 0 Å². The molecule has 0 radical (unpaired) electrons. The van der Waals surface area contributed by atoms with Crippen LogP contribution in [0, 0.1) is 0 Å². The molecule has 8 aromatic rings. The summed E-state index contributed by atoms with van der Waals surface area (Å²) in [5.41, 5.74) is 13.0. The summed E-state index contributed by atoms with van der Waals surface area (Å²) in [6.45, 7) is 4.74. The molecule has 0 heterocycles. The third kappa shape index (κ3) is 4.37. The van der Waals surface area contributed by atoms with E-state index in [9.17, 15) is 0 Å². The van der Waals surface area contributed by atoms with Gasteiger partial charge in [0.05, 0.1) is 0 Å². The summed E-state index contributed by atoms with van der Waals surface area (Å²) in [5, 5.41) is 7.60. The summed E-state index contributed by atoms with van der Waals surface area (Å²) in [4.78, 5) is 0. The fourth-order valence-corrected chi connectivity index (χ4v) is 7.94. The number of rotatable bonds is 4. The molecule has 1 aliphatic carbocycles. The molecule has 9 rings (SSSR count). The highest BCUT2D eigenvalue weighted by Crippen LogP contribution is 2.54. The fraction of sp³-hybridized carbons (Fsp3) is 0.0638. The van der Waals surface area contributed by atoms with E-state index >= 15 is 0 Å². The van der Waals surface area contributed by atoms with Crippen molar-refractivity contribution in [3.8, 4) is 33.4 Å². The van der Waals surface area contributed by atoms with Crippen LogP contribution in [0.3, 0.4) is 0 Å². The Kier molecular flexibility index (Phi) is 6.27. The first-order chi connectivity index (χ1) is 23.1. The molecule has 0 N–H and O–H groups in total. The zero-order chi connectivity index (χ0) is 31.5. The van der Waals surface area contributed by atoms with Gasteiger partial charge in [-0.1, -0.05) is 172 Å². The highest BCUT2D eigenvalue weighted by atomic mass is 14.4.